The number of hydrogen-bond acceptors (Lipinski definition) is 4. The molecule has 0 saturated carbocycles. The number of rotatable bonds is 8. The van der Waals surface area contributed by atoms with Crippen LogP contribution in [0.25, 0.3) is 0 Å². The number of hydrogen-bond donors (Lipinski definition) is 3. The zero-order chi connectivity index (χ0) is 11.7. The average molecular weight is 216 g/mol. The maximum Gasteiger partial charge on any atom is 0.140 e. The van der Waals surface area contributed by atoms with E-state index in [4.69, 9.17) is 10.9 Å². The van der Waals surface area contributed by atoms with Gasteiger partial charge in [-0.05, 0) is 40.4 Å². The topological polar surface area (TPSA) is 73.9 Å². The Bertz CT molecular complexity index is 182. The van der Waals surface area contributed by atoms with Crippen molar-refractivity contribution in [2.75, 3.05) is 26.7 Å². The van der Waals surface area contributed by atoms with Crippen molar-refractivity contribution < 1.29 is 5.21 Å². The molecule has 0 heterocycles. The third kappa shape index (κ3) is 8.20. The zero-order valence-corrected chi connectivity index (χ0v) is 10.0. The minimum absolute atomic E-state index is 0.279. The van der Waals surface area contributed by atoms with Crippen LogP contribution in [-0.2, 0) is 0 Å². The van der Waals surface area contributed by atoms with Crippen LogP contribution in [0.5, 0.6) is 0 Å². The molecule has 0 atom stereocenters. The number of nitrogens with two attached hydrogens (primary N) is 1. The molecule has 0 amide bonds. The molecule has 0 aromatic heterocycles. The van der Waals surface area contributed by atoms with Crippen LogP contribution >= 0.6 is 0 Å². The van der Waals surface area contributed by atoms with Crippen LogP contribution in [-0.4, -0.2) is 48.7 Å². The van der Waals surface area contributed by atoms with Crippen LogP contribution in [0.3, 0.4) is 0 Å². The second kappa shape index (κ2) is 8.49. The minimum atomic E-state index is 0.279. The van der Waals surface area contributed by atoms with E-state index in [1.807, 2.05) is 0 Å². The van der Waals surface area contributed by atoms with Crippen molar-refractivity contribution in [3.05, 3.63) is 0 Å². The van der Waals surface area contributed by atoms with E-state index < -0.39 is 0 Å². The van der Waals surface area contributed by atoms with Crippen molar-refractivity contribution in [1.29, 1.82) is 0 Å². The summed E-state index contributed by atoms with van der Waals surface area (Å²) in [7, 11) is 2.13. The van der Waals surface area contributed by atoms with Crippen LogP contribution in [0.4, 0.5) is 0 Å². The number of nitrogens with one attached hydrogen (secondary N) is 1. The highest BCUT2D eigenvalue weighted by Gasteiger charge is 2.01. The molecule has 90 valence electrons. The molecule has 0 aliphatic heterocycles. The van der Waals surface area contributed by atoms with E-state index in [1.54, 1.807) is 0 Å². The van der Waals surface area contributed by atoms with Crippen LogP contribution in [0.1, 0.15) is 26.7 Å². The largest absolute Gasteiger partial charge is 0.409 e. The maximum absolute atomic E-state index is 8.30. The summed E-state index contributed by atoms with van der Waals surface area (Å²) in [6.45, 7) is 7.20. The summed E-state index contributed by atoms with van der Waals surface area (Å²) in [5, 5.41) is 14.5. The van der Waals surface area contributed by atoms with Crippen molar-refractivity contribution in [3.8, 4) is 0 Å². The number of nitrogens with zero attached hydrogens (tertiary/aromatic N) is 2. The molecule has 0 aromatic carbocycles. The highest BCUT2D eigenvalue weighted by molar-refractivity contribution is 5.79. The Balaban J connectivity index is 3.25. The Morgan fingerprint density at radius 3 is 2.67 bits per heavy atom. The first-order chi connectivity index (χ1) is 7.07. The lowest BCUT2D eigenvalue weighted by Gasteiger charge is -2.20. The van der Waals surface area contributed by atoms with Gasteiger partial charge in [0, 0.05) is 19.0 Å². The molecule has 0 radical (unpaired) electrons. The van der Waals surface area contributed by atoms with E-state index in [9.17, 15) is 0 Å². The lowest BCUT2D eigenvalue weighted by molar-refractivity contribution is 0.269. The van der Waals surface area contributed by atoms with Gasteiger partial charge in [0.15, 0.2) is 0 Å². The Morgan fingerprint density at radius 2 is 2.13 bits per heavy atom. The molecular weight excluding hydrogens is 192 g/mol. The van der Waals surface area contributed by atoms with Gasteiger partial charge in [-0.15, -0.1) is 0 Å². The average Bonchev–Trinajstić information content (AvgIpc) is 2.22. The van der Waals surface area contributed by atoms with E-state index in [2.05, 4.69) is 36.3 Å². The summed E-state index contributed by atoms with van der Waals surface area (Å²) >= 11 is 0. The first-order valence-electron chi connectivity index (χ1n) is 5.45. The van der Waals surface area contributed by atoms with E-state index in [-0.39, 0.29) is 5.84 Å². The molecule has 0 aromatic rings. The molecule has 0 bridgehead atoms. The van der Waals surface area contributed by atoms with Crippen molar-refractivity contribution in [2.24, 2.45) is 10.9 Å². The van der Waals surface area contributed by atoms with Crippen LogP contribution in [0.2, 0.25) is 0 Å². The van der Waals surface area contributed by atoms with Gasteiger partial charge in [-0.25, -0.2) is 0 Å². The molecule has 15 heavy (non-hydrogen) atoms. The highest BCUT2D eigenvalue weighted by atomic mass is 16.4. The molecule has 0 rings (SSSR count). The van der Waals surface area contributed by atoms with E-state index in [0.717, 1.165) is 26.1 Å². The number of oxime groups is 1. The van der Waals surface area contributed by atoms with Crippen molar-refractivity contribution in [1.82, 2.24) is 10.2 Å². The van der Waals surface area contributed by atoms with E-state index in [0.29, 0.717) is 12.5 Å². The predicted molar refractivity (Wildman–Crippen MR) is 63.3 cm³/mol. The molecule has 0 aliphatic rings. The third-order valence-corrected chi connectivity index (χ3v) is 2.43. The van der Waals surface area contributed by atoms with Gasteiger partial charge in [-0.1, -0.05) is 5.16 Å². The Hall–Kier alpha value is -0.810. The van der Waals surface area contributed by atoms with Gasteiger partial charge in [-0.2, -0.15) is 0 Å². The fourth-order valence-electron chi connectivity index (χ4n) is 1.10. The van der Waals surface area contributed by atoms with Gasteiger partial charge in [0.2, 0.25) is 0 Å². The Labute approximate surface area is 92.3 Å². The van der Waals surface area contributed by atoms with E-state index >= 15 is 0 Å². The van der Waals surface area contributed by atoms with Gasteiger partial charge in [0.25, 0.3) is 0 Å². The summed E-state index contributed by atoms with van der Waals surface area (Å²) in [5.74, 6) is 0.279. The maximum atomic E-state index is 8.30. The molecular formula is C10H24N4O. The molecule has 5 heteroatoms. The smallest absolute Gasteiger partial charge is 0.140 e. The minimum Gasteiger partial charge on any atom is -0.409 e. The molecule has 0 aliphatic carbocycles. The summed E-state index contributed by atoms with van der Waals surface area (Å²) in [4.78, 5) is 2.31. The summed E-state index contributed by atoms with van der Waals surface area (Å²) < 4.78 is 0. The normalized spacial score (nSPS) is 12.7. The van der Waals surface area contributed by atoms with Crippen LogP contribution in [0, 0.1) is 0 Å². The lowest BCUT2D eigenvalue weighted by Crippen LogP contribution is -2.30. The van der Waals surface area contributed by atoms with Crippen LogP contribution in [0.15, 0.2) is 5.16 Å². The first-order valence-corrected chi connectivity index (χ1v) is 5.45. The number of amidine groups is 1. The SMILES string of the molecule is CC(C)N(C)CCCNCCC(N)=NO. The van der Waals surface area contributed by atoms with Gasteiger partial charge in [0.1, 0.15) is 5.84 Å². The molecule has 0 unspecified atom stereocenters. The second-order valence-electron chi connectivity index (χ2n) is 4.02. The Kier molecular flexibility index (Phi) is 8.04. The monoisotopic (exact) mass is 216 g/mol. The molecule has 4 N–H and O–H groups in total. The van der Waals surface area contributed by atoms with Crippen molar-refractivity contribution in [3.63, 3.8) is 0 Å². The van der Waals surface area contributed by atoms with Gasteiger partial charge >= 0.3 is 0 Å². The fourth-order valence-corrected chi connectivity index (χ4v) is 1.10. The summed E-state index contributed by atoms with van der Waals surface area (Å²) in [5.41, 5.74) is 5.33. The molecule has 5 nitrogen and oxygen atoms in total. The van der Waals surface area contributed by atoms with Crippen molar-refractivity contribution >= 4 is 5.84 Å². The Morgan fingerprint density at radius 1 is 1.47 bits per heavy atom. The van der Waals surface area contributed by atoms with Crippen LogP contribution < -0.4 is 11.1 Å². The molecule has 0 saturated heterocycles. The predicted octanol–water partition coefficient (Wildman–Crippen LogP) is 0.443. The van der Waals surface area contributed by atoms with Gasteiger partial charge in [-0.3, -0.25) is 0 Å². The molecule has 0 fully saturated rings. The zero-order valence-electron chi connectivity index (χ0n) is 10.0. The van der Waals surface area contributed by atoms with Gasteiger partial charge < -0.3 is 21.2 Å². The standard InChI is InChI=1S/C10H24N4O/c1-9(2)14(3)8-4-6-12-7-5-10(11)13-15/h9,12,15H,4-8H2,1-3H3,(H2,11,13). The summed E-state index contributed by atoms with van der Waals surface area (Å²) in [6.07, 6.45) is 1.71. The van der Waals surface area contributed by atoms with Gasteiger partial charge in [0.05, 0.1) is 0 Å². The first kappa shape index (κ1) is 14.2. The third-order valence-electron chi connectivity index (χ3n) is 2.43. The van der Waals surface area contributed by atoms with Crippen molar-refractivity contribution in [2.45, 2.75) is 32.7 Å². The highest BCUT2D eigenvalue weighted by Crippen LogP contribution is 1.94. The lowest BCUT2D eigenvalue weighted by atomic mass is 10.3. The second-order valence-corrected chi connectivity index (χ2v) is 4.02. The molecule has 0 spiro atoms. The van der Waals surface area contributed by atoms with E-state index in [1.165, 1.54) is 0 Å². The summed E-state index contributed by atoms with van der Waals surface area (Å²) in [6, 6.07) is 0.599. The fraction of sp³-hybridized carbons (Fsp3) is 0.900. The quantitative estimate of drug-likeness (QED) is 0.181.